The minimum atomic E-state index is -4.40. The summed E-state index contributed by atoms with van der Waals surface area (Å²) in [5, 5.41) is 7.45. The predicted molar refractivity (Wildman–Crippen MR) is 119 cm³/mol. The molecule has 0 amide bonds. The van der Waals surface area contributed by atoms with E-state index in [4.69, 9.17) is 0 Å². The van der Waals surface area contributed by atoms with Crippen molar-refractivity contribution < 1.29 is 17.9 Å². The second-order valence-electron chi connectivity index (χ2n) is 5.85. The largest absolute Gasteiger partial charge is 0.468 e. The van der Waals surface area contributed by atoms with Gasteiger partial charge in [-0.15, -0.1) is 35.3 Å². The molecule has 0 radical (unpaired) electrons. The van der Waals surface area contributed by atoms with Crippen molar-refractivity contribution in [3.8, 4) is 5.88 Å². The van der Waals surface area contributed by atoms with E-state index in [1.165, 1.54) is 17.1 Å². The van der Waals surface area contributed by atoms with Gasteiger partial charge in [-0.3, -0.25) is 0 Å². The first-order valence-electron chi connectivity index (χ1n) is 9.00. The summed E-state index contributed by atoms with van der Waals surface area (Å²) in [5.74, 6) is 0.558. The Morgan fingerprint density at radius 2 is 2.03 bits per heavy atom. The fourth-order valence-corrected chi connectivity index (χ4v) is 3.07. The number of aromatic nitrogens is 2. The molecule has 0 aliphatic carbocycles. The molecule has 0 fully saturated rings. The fourth-order valence-electron chi connectivity index (χ4n) is 2.21. The lowest BCUT2D eigenvalue weighted by Crippen LogP contribution is -2.38. The number of aryl methyl sites for hydroxylation is 1. The standard InChI is InChI=1S/C18H24F3N5OS.HI/c1-3-14-11-25-16(28-14)6-8-24-17(22-4-2)26-10-13-5-7-23-15(9-13)27-12-18(19,20)21;/h5,7,9,11H,3-4,6,8,10,12H2,1-2H3,(H2,22,24,26);1H. The number of thiazole rings is 1. The topological polar surface area (TPSA) is 71.4 Å². The Labute approximate surface area is 189 Å². The minimum absolute atomic E-state index is 0. The zero-order chi connectivity index (χ0) is 20.4. The Morgan fingerprint density at radius 1 is 1.24 bits per heavy atom. The molecular weight excluding hydrogens is 518 g/mol. The highest BCUT2D eigenvalue weighted by atomic mass is 127. The highest BCUT2D eigenvalue weighted by molar-refractivity contribution is 14.0. The molecule has 0 unspecified atom stereocenters. The van der Waals surface area contributed by atoms with E-state index >= 15 is 0 Å². The van der Waals surface area contributed by atoms with Crippen LogP contribution in [-0.2, 0) is 19.4 Å². The van der Waals surface area contributed by atoms with Gasteiger partial charge < -0.3 is 15.4 Å². The summed E-state index contributed by atoms with van der Waals surface area (Å²) in [6.07, 6.45) is 0.689. The first-order chi connectivity index (χ1) is 13.4. The maximum atomic E-state index is 12.2. The highest BCUT2D eigenvalue weighted by Gasteiger charge is 2.28. The third kappa shape index (κ3) is 10.1. The lowest BCUT2D eigenvalue weighted by molar-refractivity contribution is -0.154. The van der Waals surface area contributed by atoms with E-state index in [0.29, 0.717) is 24.6 Å². The lowest BCUT2D eigenvalue weighted by atomic mass is 10.3. The van der Waals surface area contributed by atoms with E-state index in [-0.39, 0.29) is 36.4 Å². The van der Waals surface area contributed by atoms with Crippen LogP contribution in [0.5, 0.6) is 5.88 Å². The van der Waals surface area contributed by atoms with Crippen LogP contribution in [0.15, 0.2) is 29.5 Å². The Morgan fingerprint density at radius 3 is 2.69 bits per heavy atom. The minimum Gasteiger partial charge on any atom is -0.468 e. The number of guanidine groups is 1. The molecule has 29 heavy (non-hydrogen) atoms. The molecule has 0 aromatic carbocycles. The number of aliphatic imine (C=N–C) groups is 1. The van der Waals surface area contributed by atoms with Gasteiger partial charge in [-0.1, -0.05) is 6.92 Å². The Kier molecular flexibility index (Phi) is 11.2. The third-order valence-corrected chi connectivity index (χ3v) is 4.73. The van der Waals surface area contributed by atoms with E-state index in [1.54, 1.807) is 17.4 Å². The molecule has 162 valence electrons. The summed E-state index contributed by atoms with van der Waals surface area (Å²) >= 11 is 1.70. The van der Waals surface area contributed by atoms with Gasteiger partial charge in [0.1, 0.15) is 0 Å². The quantitative estimate of drug-likeness (QED) is 0.285. The van der Waals surface area contributed by atoms with Gasteiger partial charge in [-0.05, 0) is 25.0 Å². The van der Waals surface area contributed by atoms with Crippen molar-refractivity contribution in [2.45, 2.75) is 39.4 Å². The SMILES string of the molecule is CCNC(=NCc1ccnc(OCC(F)(F)F)c1)NCCc1ncc(CC)s1.I. The smallest absolute Gasteiger partial charge is 0.422 e. The zero-order valence-corrected chi connectivity index (χ0v) is 19.4. The normalized spacial score (nSPS) is 11.7. The molecule has 0 atom stereocenters. The van der Waals surface area contributed by atoms with Gasteiger partial charge in [0.15, 0.2) is 12.6 Å². The number of hydrogen-bond acceptors (Lipinski definition) is 5. The summed E-state index contributed by atoms with van der Waals surface area (Å²) in [6.45, 7) is 4.36. The van der Waals surface area contributed by atoms with E-state index in [0.717, 1.165) is 17.8 Å². The van der Waals surface area contributed by atoms with Gasteiger partial charge in [0.25, 0.3) is 0 Å². The van der Waals surface area contributed by atoms with Crippen molar-refractivity contribution in [2.24, 2.45) is 4.99 Å². The number of rotatable bonds is 9. The molecular formula is C18H25F3IN5OS. The van der Waals surface area contributed by atoms with Gasteiger partial charge in [0, 0.05) is 42.8 Å². The van der Waals surface area contributed by atoms with Crippen LogP contribution >= 0.6 is 35.3 Å². The number of nitrogens with zero attached hydrogens (tertiary/aromatic N) is 3. The van der Waals surface area contributed by atoms with E-state index < -0.39 is 12.8 Å². The molecule has 0 bridgehead atoms. The van der Waals surface area contributed by atoms with Crippen LogP contribution in [0, 0.1) is 0 Å². The van der Waals surface area contributed by atoms with Crippen molar-refractivity contribution in [3.63, 3.8) is 0 Å². The van der Waals surface area contributed by atoms with Crippen LogP contribution in [0.25, 0.3) is 0 Å². The predicted octanol–water partition coefficient (Wildman–Crippen LogP) is 3.96. The summed E-state index contributed by atoms with van der Waals surface area (Å²) in [5.41, 5.74) is 0.705. The molecule has 2 heterocycles. The zero-order valence-electron chi connectivity index (χ0n) is 16.3. The summed E-state index contributed by atoms with van der Waals surface area (Å²) in [7, 11) is 0. The van der Waals surface area contributed by atoms with Crippen LogP contribution < -0.4 is 15.4 Å². The molecule has 0 aliphatic rings. The molecule has 0 spiro atoms. The maximum Gasteiger partial charge on any atom is 0.422 e. The van der Waals surface area contributed by atoms with E-state index in [2.05, 4.69) is 37.3 Å². The van der Waals surface area contributed by atoms with Gasteiger partial charge in [-0.25, -0.2) is 15.0 Å². The Bertz CT molecular complexity index is 770. The molecule has 2 aromatic heterocycles. The van der Waals surface area contributed by atoms with Crippen LogP contribution in [0.3, 0.4) is 0 Å². The molecule has 2 rings (SSSR count). The Balaban J connectivity index is 0.00000420. The van der Waals surface area contributed by atoms with Gasteiger partial charge in [-0.2, -0.15) is 13.2 Å². The number of nitrogens with one attached hydrogen (secondary N) is 2. The molecule has 11 heteroatoms. The first-order valence-corrected chi connectivity index (χ1v) is 9.81. The number of pyridine rings is 1. The van der Waals surface area contributed by atoms with Gasteiger partial charge in [0.05, 0.1) is 11.6 Å². The molecule has 0 aliphatic heterocycles. The molecule has 0 saturated heterocycles. The number of alkyl halides is 3. The third-order valence-electron chi connectivity index (χ3n) is 3.53. The summed E-state index contributed by atoms with van der Waals surface area (Å²) in [4.78, 5) is 13.9. The van der Waals surface area contributed by atoms with Crippen LogP contribution in [-0.4, -0.2) is 41.8 Å². The van der Waals surface area contributed by atoms with Crippen molar-refractivity contribution in [2.75, 3.05) is 19.7 Å². The van der Waals surface area contributed by atoms with E-state index in [9.17, 15) is 13.2 Å². The van der Waals surface area contributed by atoms with Crippen molar-refractivity contribution in [1.29, 1.82) is 0 Å². The maximum absolute atomic E-state index is 12.2. The molecule has 6 nitrogen and oxygen atoms in total. The van der Waals surface area contributed by atoms with Crippen molar-refractivity contribution in [3.05, 3.63) is 40.0 Å². The first kappa shape index (κ1) is 25.4. The van der Waals surface area contributed by atoms with Crippen LogP contribution in [0.1, 0.15) is 29.3 Å². The highest BCUT2D eigenvalue weighted by Crippen LogP contribution is 2.18. The van der Waals surface area contributed by atoms with E-state index in [1.807, 2.05) is 13.1 Å². The summed E-state index contributed by atoms with van der Waals surface area (Å²) < 4.78 is 41.4. The molecule has 0 saturated carbocycles. The van der Waals surface area contributed by atoms with Gasteiger partial charge >= 0.3 is 6.18 Å². The lowest BCUT2D eigenvalue weighted by Gasteiger charge is -2.11. The fraction of sp³-hybridized carbons (Fsp3) is 0.500. The number of halogens is 4. The van der Waals surface area contributed by atoms with Crippen LogP contribution in [0.2, 0.25) is 0 Å². The average Bonchev–Trinajstić information content (AvgIpc) is 3.12. The second kappa shape index (κ2) is 12.8. The Hall–Kier alpha value is -1.63. The van der Waals surface area contributed by atoms with Crippen molar-refractivity contribution in [1.82, 2.24) is 20.6 Å². The molecule has 2 aromatic rings. The molecule has 2 N–H and O–H groups in total. The van der Waals surface area contributed by atoms with Crippen molar-refractivity contribution >= 4 is 41.3 Å². The van der Waals surface area contributed by atoms with Crippen LogP contribution in [0.4, 0.5) is 13.2 Å². The van der Waals surface area contributed by atoms with Gasteiger partial charge in [0.2, 0.25) is 5.88 Å². The monoisotopic (exact) mass is 543 g/mol. The summed E-state index contributed by atoms with van der Waals surface area (Å²) in [6, 6.07) is 3.15. The second-order valence-corrected chi connectivity index (χ2v) is 7.05. The number of ether oxygens (including phenoxy) is 1. The number of hydrogen-bond donors (Lipinski definition) is 2. The average molecular weight is 543 g/mol.